The maximum atomic E-state index is 9.73. The summed E-state index contributed by atoms with van der Waals surface area (Å²) in [5.74, 6) is 0.175. The number of nitrogens with one attached hydrogen (secondary N) is 1. The first-order valence-electron chi connectivity index (χ1n) is 6.48. The van der Waals surface area contributed by atoms with Gasteiger partial charge in [0.25, 0.3) is 0 Å². The molecule has 3 N–H and O–H groups in total. The van der Waals surface area contributed by atoms with E-state index in [1.165, 1.54) is 6.07 Å². The number of benzene rings is 1. The van der Waals surface area contributed by atoms with Gasteiger partial charge in [-0.2, -0.15) is 0 Å². The van der Waals surface area contributed by atoms with Crippen LogP contribution in [0.1, 0.15) is 18.5 Å². The number of likely N-dealkylation sites (N-methyl/N-ethyl adjacent to an activating group) is 1. The van der Waals surface area contributed by atoms with Gasteiger partial charge in [-0.1, -0.05) is 6.07 Å². The third kappa shape index (κ3) is 5.92. The van der Waals surface area contributed by atoms with Crippen molar-refractivity contribution in [1.82, 2.24) is 10.2 Å². The smallest absolute Gasteiger partial charge is 0.124 e. The maximum Gasteiger partial charge on any atom is 0.124 e. The Balaban J connectivity index is 2.25. The van der Waals surface area contributed by atoms with Crippen molar-refractivity contribution in [2.45, 2.75) is 13.0 Å². The fourth-order valence-corrected chi connectivity index (χ4v) is 1.70. The van der Waals surface area contributed by atoms with Crippen molar-refractivity contribution in [2.24, 2.45) is 0 Å². The molecule has 0 spiro atoms. The molecular weight excluding hydrogens is 244 g/mol. The van der Waals surface area contributed by atoms with Crippen molar-refractivity contribution in [1.29, 1.82) is 0 Å². The van der Waals surface area contributed by atoms with Gasteiger partial charge in [-0.25, -0.2) is 0 Å². The minimum absolute atomic E-state index is 0.0121. The Labute approximate surface area is 114 Å². The molecule has 19 heavy (non-hydrogen) atoms. The average Bonchev–Trinajstić information content (AvgIpc) is 2.32. The van der Waals surface area contributed by atoms with Crippen LogP contribution in [-0.2, 0) is 4.74 Å². The molecule has 1 atom stereocenters. The lowest BCUT2D eigenvalue weighted by molar-refractivity contribution is 0.118. The minimum Gasteiger partial charge on any atom is -0.508 e. The number of phenols is 2. The van der Waals surface area contributed by atoms with Gasteiger partial charge in [0.15, 0.2) is 0 Å². The molecular formula is C14H24N2O3. The van der Waals surface area contributed by atoms with Crippen LogP contribution in [-0.4, -0.2) is 55.5 Å². The molecule has 5 heteroatoms. The topological polar surface area (TPSA) is 65.0 Å². The molecule has 0 saturated carbocycles. The molecule has 0 heterocycles. The maximum absolute atomic E-state index is 9.73. The molecule has 5 nitrogen and oxygen atoms in total. The Morgan fingerprint density at radius 3 is 2.63 bits per heavy atom. The van der Waals surface area contributed by atoms with Crippen LogP contribution in [0.25, 0.3) is 0 Å². The molecule has 1 rings (SSSR count). The van der Waals surface area contributed by atoms with E-state index in [1.54, 1.807) is 12.1 Å². The quantitative estimate of drug-likeness (QED) is 0.621. The average molecular weight is 268 g/mol. The second-order valence-electron chi connectivity index (χ2n) is 4.83. The Morgan fingerprint density at radius 2 is 2.00 bits per heavy atom. The predicted molar refractivity (Wildman–Crippen MR) is 75.6 cm³/mol. The number of ether oxygens (including phenoxy) is 1. The highest BCUT2D eigenvalue weighted by molar-refractivity contribution is 5.40. The summed E-state index contributed by atoms with van der Waals surface area (Å²) in [5, 5.41) is 22.2. The van der Waals surface area contributed by atoms with Crippen molar-refractivity contribution in [2.75, 3.05) is 40.4 Å². The molecule has 0 amide bonds. The van der Waals surface area contributed by atoms with Gasteiger partial charge in [0.05, 0.1) is 13.2 Å². The van der Waals surface area contributed by atoms with E-state index in [0.29, 0.717) is 13.2 Å². The summed E-state index contributed by atoms with van der Waals surface area (Å²) < 4.78 is 5.47. The van der Waals surface area contributed by atoms with Gasteiger partial charge in [-0.15, -0.1) is 0 Å². The third-order valence-corrected chi connectivity index (χ3v) is 2.86. The van der Waals surface area contributed by atoms with Crippen LogP contribution in [0.5, 0.6) is 11.5 Å². The van der Waals surface area contributed by atoms with Gasteiger partial charge in [0.1, 0.15) is 11.5 Å². The van der Waals surface area contributed by atoms with E-state index in [4.69, 9.17) is 4.74 Å². The lowest BCUT2D eigenvalue weighted by Crippen LogP contribution is -2.25. The largest absolute Gasteiger partial charge is 0.508 e. The van der Waals surface area contributed by atoms with Crippen LogP contribution in [0.4, 0.5) is 0 Å². The SMILES string of the molecule is CC(NCCOCCN(C)C)c1ccc(O)cc1O. The third-order valence-electron chi connectivity index (χ3n) is 2.86. The fourth-order valence-electron chi connectivity index (χ4n) is 1.70. The van der Waals surface area contributed by atoms with Crippen molar-refractivity contribution < 1.29 is 14.9 Å². The van der Waals surface area contributed by atoms with Crippen molar-refractivity contribution >= 4 is 0 Å². The molecule has 0 aliphatic carbocycles. The number of rotatable bonds is 8. The summed E-state index contributed by atoms with van der Waals surface area (Å²) in [7, 11) is 4.02. The van der Waals surface area contributed by atoms with Crippen molar-refractivity contribution in [3.05, 3.63) is 23.8 Å². The monoisotopic (exact) mass is 268 g/mol. The number of hydrogen-bond acceptors (Lipinski definition) is 5. The highest BCUT2D eigenvalue weighted by Gasteiger charge is 2.09. The molecule has 108 valence electrons. The number of hydrogen-bond donors (Lipinski definition) is 3. The summed E-state index contributed by atoms with van der Waals surface area (Å²) in [6, 6.07) is 4.65. The summed E-state index contributed by atoms with van der Waals surface area (Å²) in [6.07, 6.45) is 0. The van der Waals surface area contributed by atoms with E-state index in [1.807, 2.05) is 21.0 Å². The van der Waals surface area contributed by atoms with Crippen LogP contribution in [0, 0.1) is 0 Å². The van der Waals surface area contributed by atoms with Gasteiger partial charge in [0, 0.05) is 30.8 Å². The van der Waals surface area contributed by atoms with E-state index in [0.717, 1.165) is 18.7 Å². The van der Waals surface area contributed by atoms with Crippen LogP contribution in [0.2, 0.25) is 0 Å². The predicted octanol–water partition coefficient (Wildman–Crippen LogP) is 1.33. The molecule has 0 saturated heterocycles. The van der Waals surface area contributed by atoms with Gasteiger partial charge in [0.2, 0.25) is 0 Å². The van der Waals surface area contributed by atoms with Crippen LogP contribution in [0.15, 0.2) is 18.2 Å². The molecule has 0 aliphatic heterocycles. The van der Waals surface area contributed by atoms with Gasteiger partial charge < -0.3 is 25.2 Å². The number of phenolic OH excluding ortho intramolecular Hbond substituents is 2. The van der Waals surface area contributed by atoms with E-state index in [9.17, 15) is 10.2 Å². The van der Waals surface area contributed by atoms with E-state index < -0.39 is 0 Å². The minimum atomic E-state index is 0.0121. The highest BCUT2D eigenvalue weighted by atomic mass is 16.5. The normalized spacial score (nSPS) is 12.8. The lowest BCUT2D eigenvalue weighted by Gasteiger charge is -2.16. The Bertz CT molecular complexity index is 383. The van der Waals surface area contributed by atoms with Gasteiger partial charge in [-0.3, -0.25) is 0 Å². The molecule has 1 aromatic carbocycles. The zero-order valence-corrected chi connectivity index (χ0v) is 11.9. The molecule has 0 radical (unpaired) electrons. The van der Waals surface area contributed by atoms with Gasteiger partial charge >= 0.3 is 0 Å². The van der Waals surface area contributed by atoms with Crippen molar-refractivity contribution in [3.8, 4) is 11.5 Å². The molecule has 1 aromatic rings. The number of nitrogens with zero attached hydrogens (tertiary/aromatic N) is 1. The first kappa shape index (κ1) is 15.8. The highest BCUT2D eigenvalue weighted by Crippen LogP contribution is 2.27. The van der Waals surface area contributed by atoms with Crippen LogP contribution >= 0.6 is 0 Å². The zero-order valence-electron chi connectivity index (χ0n) is 11.9. The Morgan fingerprint density at radius 1 is 1.26 bits per heavy atom. The summed E-state index contributed by atoms with van der Waals surface area (Å²) in [4.78, 5) is 2.07. The van der Waals surface area contributed by atoms with E-state index in [-0.39, 0.29) is 17.5 Å². The first-order valence-corrected chi connectivity index (χ1v) is 6.48. The Kier molecular flexibility index (Phi) is 6.62. The second kappa shape index (κ2) is 7.99. The summed E-state index contributed by atoms with van der Waals surface area (Å²) in [6.45, 7) is 4.94. The summed E-state index contributed by atoms with van der Waals surface area (Å²) >= 11 is 0. The van der Waals surface area contributed by atoms with Crippen LogP contribution in [0.3, 0.4) is 0 Å². The van der Waals surface area contributed by atoms with E-state index >= 15 is 0 Å². The zero-order chi connectivity index (χ0) is 14.3. The lowest BCUT2D eigenvalue weighted by atomic mass is 10.1. The van der Waals surface area contributed by atoms with E-state index in [2.05, 4.69) is 10.2 Å². The molecule has 0 bridgehead atoms. The molecule has 0 aliphatic rings. The fraction of sp³-hybridized carbons (Fsp3) is 0.571. The van der Waals surface area contributed by atoms with Crippen molar-refractivity contribution in [3.63, 3.8) is 0 Å². The molecule has 0 fully saturated rings. The molecule has 1 unspecified atom stereocenters. The first-order chi connectivity index (χ1) is 9.00. The molecule has 0 aromatic heterocycles. The van der Waals surface area contributed by atoms with Gasteiger partial charge in [-0.05, 0) is 27.1 Å². The number of aromatic hydroxyl groups is 2. The van der Waals surface area contributed by atoms with Crippen LogP contribution < -0.4 is 5.32 Å². The standard InChI is InChI=1S/C14H24N2O3/c1-11(13-5-4-12(17)10-14(13)18)15-6-8-19-9-7-16(2)3/h4-5,10-11,15,17-18H,6-9H2,1-3H3. The second-order valence-corrected chi connectivity index (χ2v) is 4.83. The Hall–Kier alpha value is -1.30. The summed E-state index contributed by atoms with van der Waals surface area (Å²) in [5.41, 5.74) is 0.770.